The van der Waals surface area contributed by atoms with E-state index in [4.69, 9.17) is 10.5 Å². The monoisotopic (exact) mass is 280 g/mol. The van der Waals surface area contributed by atoms with Gasteiger partial charge in [0.2, 0.25) is 0 Å². The standard InChI is InChI=1S/C12H16N4O2S/c13-3-4-16(11(17)9-2-1-5-18-9)12-10-8(6-19-12)14-7-15-10/h6-7,9H,1-5,13H2,(H,14,15). The normalized spacial score (nSPS) is 19.1. The topological polar surface area (TPSA) is 84.2 Å². The highest BCUT2D eigenvalue weighted by molar-refractivity contribution is 7.16. The number of rotatable bonds is 4. The van der Waals surface area contributed by atoms with Crippen molar-refractivity contribution in [2.45, 2.75) is 18.9 Å². The zero-order valence-corrected chi connectivity index (χ0v) is 11.3. The van der Waals surface area contributed by atoms with Crippen LogP contribution in [0.25, 0.3) is 11.0 Å². The minimum atomic E-state index is -0.331. The van der Waals surface area contributed by atoms with E-state index in [0.29, 0.717) is 19.7 Å². The van der Waals surface area contributed by atoms with Crippen LogP contribution in [-0.2, 0) is 9.53 Å². The van der Waals surface area contributed by atoms with Crippen LogP contribution in [0, 0.1) is 0 Å². The molecule has 1 aliphatic rings. The first-order valence-corrected chi connectivity index (χ1v) is 7.23. The number of fused-ring (bicyclic) bond motifs is 1. The van der Waals surface area contributed by atoms with Crippen molar-refractivity contribution in [1.82, 2.24) is 9.97 Å². The fourth-order valence-corrected chi connectivity index (χ4v) is 3.31. The van der Waals surface area contributed by atoms with Crippen molar-refractivity contribution in [2.75, 3.05) is 24.6 Å². The van der Waals surface area contributed by atoms with Gasteiger partial charge in [-0.2, -0.15) is 0 Å². The molecule has 19 heavy (non-hydrogen) atoms. The average Bonchev–Trinajstić information content (AvgIpc) is 3.11. The van der Waals surface area contributed by atoms with Gasteiger partial charge in [0.15, 0.2) is 0 Å². The molecule has 3 heterocycles. The van der Waals surface area contributed by atoms with Gasteiger partial charge in [0.25, 0.3) is 5.91 Å². The molecular formula is C12H16N4O2S. The molecule has 0 spiro atoms. The summed E-state index contributed by atoms with van der Waals surface area (Å²) in [6.45, 7) is 1.57. The van der Waals surface area contributed by atoms with Gasteiger partial charge < -0.3 is 15.5 Å². The number of thiophene rings is 1. The van der Waals surface area contributed by atoms with E-state index < -0.39 is 0 Å². The van der Waals surface area contributed by atoms with E-state index in [1.807, 2.05) is 5.38 Å². The molecule has 1 unspecified atom stereocenters. The van der Waals surface area contributed by atoms with Gasteiger partial charge in [-0.15, -0.1) is 11.3 Å². The van der Waals surface area contributed by atoms with Crippen molar-refractivity contribution in [2.24, 2.45) is 5.73 Å². The second-order valence-electron chi connectivity index (χ2n) is 4.49. The van der Waals surface area contributed by atoms with Crippen LogP contribution < -0.4 is 10.6 Å². The molecule has 102 valence electrons. The predicted molar refractivity (Wildman–Crippen MR) is 74.4 cm³/mol. The molecule has 7 heteroatoms. The summed E-state index contributed by atoms with van der Waals surface area (Å²) in [6, 6.07) is 0. The van der Waals surface area contributed by atoms with Gasteiger partial charge in [-0.1, -0.05) is 0 Å². The maximum Gasteiger partial charge on any atom is 0.256 e. The van der Waals surface area contributed by atoms with Crippen LogP contribution in [0.4, 0.5) is 5.00 Å². The van der Waals surface area contributed by atoms with Crippen LogP contribution in [-0.4, -0.2) is 41.7 Å². The molecule has 1 aliphatic heterocycles. The van der Waals surface area contributed by atoms with Crippen LogP contribution in [0.15, 0.2) is 11.7 Å². The lowest BCUT2D eigenvalue weighted by molar-refractivity contribution is -0.127. The van der Waals surface area contributed by atoms with Crippen LogP contribution >= 0.6 is 11.3 Å². The van der Waals surface area contributed by atoms with E-state index in [1.165, 1.54) is 11.3 Å². The Labute approximate surface area is 114 Å². The predicted octanol–water partition coefficient (Wildman–Crippen LogP) is 1.10. The summed E-state index contributed by atoms with van der Waals surface area (Å²) in [6.07, 6.45) is 3.03. The smallest absolute Gasteiger partial charge is 0.256 e. The number of hydrogen-bond donors (Lipinski definition) is 2. The van der Waals surface area contributed by atoms with Crippen molar-refractivity contribution in [3.8, 4) is 0 Å². The molecule has 1 fully saturated rings. The molecule has 0 aromatic carbocycles. The third-order valence-electron chi connectivity index (χ3n) is 3.23. The van der Waals surface area contributed by atoms with E-state index in [1.54, 1.807) is 11.2 Å². The highest BCUT2D eigenvalue weighted by atomic mass is 32.1. The Hall–Kier alpha value is -1.44. The van der Waals surface area contributed by atoms with Gasteiger partial charge in [-0.05, 0) is 12.8 Å². The summed E-state index contributed by atoms with van der Waals surface area (Å²) in [5, 5.41) is 2.81. The Balaban J connectivity index is 1.91. The average molecular weight is 280 g/mol. The Kier molecular flexibility index (Phi) is 3.50. The quantitative estimate of drug-likeness (QED) is 0.878. The Bertz CT molecular complexity index is 573. The molecule has 0 aliphatic carbocycles. The number of nitrogens with one attached hydrogen (secondary N) is 1. The lowest BCUT2D eigenvalue weighted by atomic mass is 10.2. The number of hydrogen-bond acceptors (Lipinski definition) is 5. The number of nitrogens with two attached hydrogens (primary N) is 1. The van der Waals surface area contributed by atoms with Crippen LogP contribution in [0.1, 0.15) is 12.8 Å². The van der Waals surface area contributed by atoms with Gasteiger partial charge in [0.1, 0.15) is 16.6 Å². The Morgan fingerprint density at radius 2 is 2.58 bits per heavy atom. The molecule has 0 bridgehead atoms. The van der Waals surface area contributed by atoms with Crippen molar-refractivity contribution >= 4 is 33.3 Å². The second-order valence-corrected chi connectivity index (χ2v) is 5.34. The number of imidazole rings is 1. The minimum Gasteiger partial charge on any atom is -0.368 e. The Morgan fingerprint density at radius 1 is 1.68 bits per heavy atom. The number of nitrogens with zero attached hydrogens (tertiary/aromatic N) is 2. The number of anilines is 1. The van der Waals surface area contributed by atoms with Gasteiger partial charge in [-0.25, -0.2) is 4.98 Å². The summed E-state index contributed by atoms with van der Waals surface area (Å²) >= 11 is 1.50. The third kappa shape index (κ3) is 2.24. The molecule has 6 nitrogen and oxygen atoms in total. The maximum absolute atomic E-state index is 12.5. The molecule has 0 radical (unpaired) electrons. The molecule has 1 saturated heterocycles. The Morgan fingerprint density at radius 3 is 3.32 bits per heavy atom. The van der Waals surface area contributed by atoms with E-state index >= 15 is 0 Å². The van der Waals surface area contributed by atoms with Gasteiger partial charge in [0, 0.05) is 25.1 Å². The van der Waals surface area contributed by atoms with Crippen molar-refractivity contribution in [3.63, 3.8) is 0 Å². The summed E-state index contributed by atoms with van der Waals surface area (Å²) in [5.74, 6) is -0.00491. The van der Waals surface area contributed by atoms with Gasteiger partial charge in [-0.3, -0.25) is 9.69 Å². The molecule has 0 saturated carbocycles. The van der Waals surface area contributed by atoms with E-state index in [2.05, 4.69) is 9.97 Å². The highest BCUT2D eigenvalue weighted by Gasteiger charge is 2.30. The number of carbonyl (C=O) groups is 1. The van der Waals surface area contributed by atoms with Crippen LogP contribution in [0.2, 0.25) is 0 Å². The summed E-state index contributed by atoms with van der Waals surface area (Å²) in [4.78, 5) is 21.5. The third-order valence-corrected chi connectivity index (χ3v) is 4.22. The van der Waals surface area contributed by atoms with E-state index in [0.717, 1.165) is 28.9 Å². The molecule has 3 rings (SSSR count). The number of aromatic amines is 1. The fourth-order valence-electron chi connectivity index (χ4n) is 2.31. The number of aromatic nitrogens is 2. The molecule has 2 aromatic rings. The van der Waals surface area contributed by atoms with Crippen LogP contribution in [0.3, 0.4) is 0 Å². The van der Waals surface area contributed by atoms with E-state index in [9.17, 15) is 4.79 Å². The SMILES string of the molecule is NCCN(C(=O)C1CCCO1)c1scc2[nH]cnc12. The van der Waals surface area contributed by atoms with Crippen molar-refractivity contribution in [3.05, 3.63) is 11.7 Å². The number of ether oxygens (including phenoxy) is 1. The minimum absolute atomic E-state index is 0.00491. The zero-order chi connectivity index (χ0) is 13.2. The maximum atomic E-state index is 12.5. The first-order chi connectivity index (χ1) is 9.31. The number of amides is 1. The lowest BCUT2D eigenvalue weighted by Gasteiger charge is -2.23. The summed E-state index contributed by atoms with van der Waals surface area (Å²) in [5.41, 5.74) is 7.40. The summed E-state index contributed by atoms with van der Waals surface area (Å²) in [7, 11) is 0. The van der Waals surface area contributed by atoms with Crippen molar-refractivity contribution < 1.29 is 9.53 Å². The van der Waals surface area contributed by atoms with E-state index in [-0.39, 0.29) is 12.0 Å². The fraction of sp³-hybridized carbons (Fsp3) is 0.500. The highest BCUT2D eigenvalue weighted by Crippen LogP contribution is 2.32. The second kappa shape index (κ2) is 5.28. The number of carbonyl (C=O) groups excluding carboxylic acids is 1. The molecule has 1 amide bonds. The first-order valence-electron chi connectivity index (χ1n) is 6.35. The molecule has 3 N–H and O–H groups in total. The van der Waals surface area contributed by atoms with Crippen LogP contribution in [0.5, 0.6) is 0 Å². The molecule has 2 aromatic heterocycles. The lowest BCUT2D eigenvalue weighted by Crippen LogP contribution is -2.41. The van der Waals surface area contributed by atoms with Crippen molar-refractivity contribution in [1.29, 1.82) is 0 Å². The largest absolute Gasteiger partial charge is 0.368 e. The first kappa shape index (κ1) is 12.6. The van der Waals surface area contributed by atoms with Gasteiger partial charge in [0.05, 0.1) is 11.8 Å². The zero-order valence-electron chi connectivity index (χ0n) is 10.5. The molecule has 1 atom stereocenters. The van der Waals surface area contributed by atoms with Gasteiger partial charge >= 0.3 is 0 Å². The summed E-state index contributed by atoms with van der Waals surface area (Å²) < 4.78 is 5.48. The number of H-pyrrole nitrogens is 1. The molecular weight excluding hydrogens is 264 g/mol.